The van der Waals surface area contributed by atoms with Gasteiger partial charge in [-0.2, -0.15) is 0 Å². The van der Waals surface area contributed by atoms with Crippen LogP contribution in [-0.2, 0) is 6.42 Å². The maximum atomic E-state index is 11.5. The maximum absolute atomic E-state index is 11.5. The average molecular weight is 185 g/mol. The molecule has 68 valence electrons. The standard InChI is InChI=1S/C11H7NO2/c13-10-8-5-4-6-2-1-3-7(6)9(8)11(14)12-10/h1,3-5H,2H2,(H,12,13,14). The van der Waals surface area contributed by atoms with Crippen molar-refractivity contribution in [2.24, 2.45) is 0 Å². The van der Waals surface area contributed by atoms with Gasteiger partial charge in [0.25, 0.3) is 11.8 Å². The Bertz CT molecular complexity index is 500. The van der Waals surface area contributed by atoms with Gasteiger partial charge < -0.3 is 0 Å². The molecule has 1 aromatic carbocycles. The molecule has 0 saturated heterocycles. The van der Waals surface area contributed by atoms with Gasteiger partial charge in [-0.15, -0.1) is 0 Å². The Kier molecular flexibility index (Phi) is 1.24. The molecule has 0 unspecified atom stereocenters. The van der Waals surface area contributed by atoms with Crippen molar-refractivity contribution in [3.05, 3.63) is 40.5 Å². The third-order valence-corrected chi connectivity index (χ3v) is 2.66. The molecule has 0 atom stereocenters. The Morgan fingerprint density at radius 1 is 1.14 bits per heavy atom. The van der Waals surface area contributed by atoms with Crippen molar-refractivity contribution in [2.45, 2.75) is 6.42 Å². The second-order valence-corrected chi connectivity index (χ2v) is 3.45. The molecule has 0 saturated carbocycles. The van der Waals surface area contributed by atoms with E-state index < -0.39 is 0 Å². The van der Waals surface area contributed by atoms with Crippen LogP contribution in [0.2, 0.25) is 0 Å². The zero-order chi connectivity index (χ0) is 9.71. The first kappa shape index (κ1) is 7.50. The van der Waals surface area contributed by atoms with Crippen LogP contribution in [0.3, 0.4) is 0 Å². The highest BCUT2D eigenvalue weighted by atomic mass is 16.2. The maximum Gasteiger partial charge on any atom is 0.259 e. The van der Waals surface area contributed by atoms with Crippen molar-refractivity contribution < 1.29 is 9.59 Å². The van der Waals surface area contributed by atoms with E-state index in [4.69, 9.17) is 0 Å². The quantitative estimate of drug-likeness (QED) is 0.616. The van der Waals surface area contributed by atoms with E-state index in [1.54, 1.807) is 6.07 Å². The van der Waals surface area contributed by atoms with E-state index in [2.05, 4.69) is 5.32 Å². The van der Waals surface area contributed by atoms with Crippen molar-refractivity contribution in [2.75, 3.05) is 0 Å². The molecule has 1 aliphatic heterocycles. The molecular formula is C11H7NO2. The van der Waals surface area contributed by atoms with Crippen LogP contribution in [0.15, 0.2) is 18.2 Å². The van der Waals surface area contributed by atoms with E-state index in [9.17, 15) is 9.59 Å². The molecule has 3 rings (SSSR count). The van der Waals surface area contributed by atoms with Gasteiger partial charge in [-0.1, -0.05) is 18.2 Å². The number of hydrogen-bond acceptors (Lipinski definition) is 2. The van der Waals surface area contributed by atoms with Crippen LogP contribution in [-0.4, -0.2) is 11.8 Å². The summed E-state index contributed by atoms with van der Waals surface area (Å²) in [5, 5.41) is 2.30. The van der Waals surface area contributed by atoms with E-state index in [0.717, 1.165) is 17.5 Å². The fourth-order valence-electron chi connectivity index (χ4n) is 2.00. The third kappa shape index (κ3) is 0.763. The zero-order valence-corrected chi connectivity index (χ0v) is 7.33. The van der Waals surface area contributed by atoms with Gasteiger partial charge in [0, 0.05) is 0 Å². The molecule has 1 N–H and O–H groups in total. The molecule has 3 nitrogen and oxygen atoms in total. The number of imide groups is 1. The molecule has 2 amide bonds. The molecule has 2 aliphatic rings. The van der Waals surface area contributed by atoms with Crippen LogP contribution in [0, 0.1) is 0 Å². The monoisotopic (exact) mass is 185 g/mol. The van der Waals surface area contributed by atoms with Gasteiger partial charge in [0.05, 0.1) is 11.1 Å². The van der Waals surface area contributed by atoms with Gasteiger partial charge in [0.2, 0.25) is 0 Å². The van der Waals surface area contributed by atoms with Crippen LogP contribution < -0.4 is 5.32 Å². The Labute approximate surface area is 80.4 Å². The van der Waals surface area contributed by atoms with Gasteiger partial charge in [-0.25, -0.2) is 0 Å². The van der Waals surface area contributed by atoms with Gasteiger partial charge >= 0.3 is 0 Å². The number of amides is 2. The van der Waals surface area contributed by atoms with Gasteiger partial charge in [0.15, 0.2) is 0 Å². The van der Waals surface area contributed by atoms with Crippen LogP contribution in [0.25, 0.3) is 6.08 Å². The number of allylic oxidation sites excluding steroid dienone is 1. The van der Waals surface area contributed by atoms with Crippen molar-refractivity contribution in [3.8, 4) is 0 Å². The Morgan fingerprint density at radius 3 is 2.86 bits per heavy atom. The Hall–Kier alpha value is -1.90. The highest BCUT2D eigenvalue weighted by Crippen LogP contribution is 2.28. The molecule has 3 heteroatoms. The van der Waals surface area contributed by atoms with E-state index in [0.29, 0.717) is 11.1 Å². The van der Waals surface area contributed by atoms with Crippen molar-refractivity contribution in [1.29, 1.82) is 0 Å². The summed E-state index contributed by atoms with van der Waals surface area (Å²) < 4.78 is 0. The smallest absolute Gasteiger partial charge is 0.259 e. The van der Waals surface area contributed by atoms with Crippen molar-refractivity contribution in [1.82, 2.24) is 5.32 Å². The fraction of sp³-hybridized carbons (Fsp3) is 0.0909. The second kappa shape index (κ2) is 2.32. The largest absolute Gasteiger partial charge is 0.288 e. The minimum absolute atomic E-state index is 0.270. The summed E-state index contributed by atoms with van der Waals surface area (Å²) in [6, 6.07) is 3.63. The lowest BCUT2D eigenvalue weighted by Crippen LogP contribution is -2.20. The molecule has 14 heavy (non-hydrogen) atoms. The van der Waals surface area contributed by atoms with E-state index >= 15 is 0 Å². The van der Waals surface area contributed by atoms with Crippen molar-refractivity contribution >= 4 is 17.9 Å². The summed E-state index contributed by atoms with van der Waals surface area (Å²) in [7, 11) is 0. The third-order valence-electron chi connectivity index (χ3n) is 2.66. The lowest BCUT2D eigenvalue weighted by molar-refractivity contribution is 0.0879. The van der Waals surface area contributed by atoms with Crippen LogP contribution in [0.5, 0.6) is 0 Å². The second-order valence-electron chi connectivity index (χ2n) is 3.45. The number of carbonyl (C=O) groups excluding carboxylic acids is 2. The molecule has 0 radical (unpaired) electrons. The van der Waals surface area contributed by atoms with Crippen LogP contribution in [0.1, 0.15) is 31.8 Å². The number of rotatable bonds is 0. The molecule has 0 spiro atoms. The van der Waals surface area contributed by atoms with E-state index in [-0.39, 0.29) is 11.8 Å². The summed E-state index contributed by atoms with van der Waals surface area (Å²) in [6.45, 7) is 0. The lowest BCUT2D eigenvalue weighted by atomic mass is 9.99. The highest BCUT2D eigenvalue weighted by molar-refractivity contribution is 6.23. The van der Waals surface area contributed by atoms with Crippen molar-refractivity contribution in [3.63, 3.8) is 0 Å². The number of fused-ring (bicyclic) bond motifs is 3. The fourth-order valence-corrected chi connectivity index (χ4v) is 2.00. The van der Waals surface area contributed by atoms with Crippen LogP contribution >= 0.6 is 0 Å². The van der Waals surface area contributed by atoms with Gasteiger partial charge in [0.1, 0.15) is 0 Å². The molecule has 1 heterocycles. The summed E-state index contributed by atoms with van der Waals surface area (Å²) in [6.07, 6.45) is 4.76. The summed E-state index contributed by atoms with van der Waals surface area (Å²) in [5.41, 5.74) is 3.07. The number of carbonyl (C=O) groups is 2. The Balaban J connectivity index is 2.38. The molecule has 1 aliphatic carbocycles. The first-order chi connectivity index (χ1) is 6.77. The summed E-state index contributed by atoms with van der Waals surface area (Å²) >= 11 is 0. The molecule has 1 aromatic rings. The molecular weight excluding hydrogens is 178 g/mol. The number of nitrogens with one attached hydrogen (secondary N) is 1. The average Bonchev–Trinajstić information content (AvgIpc) is 2.71. The van der Waals surface area contributed by atoms with Gasteiger partial charge in [-0.3, -0.25) is 14.9 Å². The molecule has 0 fully saturated rings. The summed E-state index contributed by atoms with van der Waals surface area (Å²) in [5.74, 6) is -0.554. The summed E-state index contributed by atoms with van der Waals surface area (Å²) in [4.78, 5) is 22.8. The predicted molar refractivity (Wildman–Crippen MR) is 51.0 cm³/mol. The number of benzene rings is 1. The molecule has 0 bridgehead atoms. The van der Waals surface area contributed by atoms with Crippen LogP contribution in [0.4, 0.5) is 0 Å². The zero-order valence-electron chi connectivity index (χ0n) is 7.33. The van der Waals surface area contributed by atoms with E-state index in [1.807, 2.05) is 18.2 Å². The van der Waals surface area contributed by atoms with E-state index in [1.165, 1.54) is 0 Å². The highest BCUT2D eigenvalue weighted by Gasteiger charge is 2.30. The first-order valence-corrected chi connectivity index (χ1v) is 4.45. The normalized spacial score (nSPS) is 16.9. The topological polar surface area (TPSA) is 46.2 Å². The minimum Gasteiger partial charge on any atom is -0.288 e. The minimum atomic E-state index is -0.284. The number of hydrogen-bond donors (Lipinski definition) is 1. The first-order valence-electron chi connectivity index (χ1n) is 4.45. The molecule has 0 aromatic heterocycles. The SMILES string of the molecule is O=C1NC(=O)c2c1ccc1c2C=CC1. The predicted octanol–water partition coefficient (Wildman–Crippen LogP) is 1.14. The Morgan fingerprint density at radius 2 is 2.00 bits per heavy atom. The van der Waals surface area contributed by atoms with Gasteiger partial charge in [-0.05, 0) is 23.6 Å². The lowest BCUT2D eigenvalue weighted by Gasteiger charge is -2.02.